The number of aliphatic hydroxyl groups is 1. The number of rotatable bonds is 13. The number of unbranched alkanes of at least 4 members (excludes halogenated alkanes) is 7. The molecule has 136 valence electrons. The zero-order valence-corrected chi connectivity index (χ0v) is 15.3. The maximum atomic E-state index is 12.3. The van der Waals surface area contributed by atoms with E-state index in [1.165, 1.54) is 32.1 Å². The van der Waals surface area contributed by atoms with Gasteiger partial charge in [0.1, 0.15) is 0 Å². The van der Waals surface area contributed by atoms with Gasteiger partial charge in [-0.25, -0.2) is 0 Å². The highest BCUT2D eigenvalue weighted by atomic mass is 16.3. The van der Waals surface area contributed by atoms with E-state index in [4.69, 9.17) is 5.73 Å². The number of carbonyl (C=O) groups is 1. The minimum Gasteiger partial charge on any atom is -0.392 e. The highest BCUT2D eigenvalue weighted by molar-refractivity contribution is 5.99. The van der Waals surface area contributed by atoms with Gasteiger partial charge in [-0.05, 0) is 31.8 Å². The van der Waals surface area contributed by atoms with Gasteiger partial charge in [-0.3, -0.25) is 4.79 Å². The highest BCUT2D eigenvalue weighted by Gasteiger charge is 2.09. The molecule has 0 aromatic carbocycles. The molecule has 0 heterocycles. The van der Waals surface area contributed by atoms with Crippen LogP contribution in [0.25, 0.3) is 0 Å². The molecule has 1 unspecified atom stereocenters. The lowest BCUT2D eigenvalue weighted by Crippen LogP contribution is -2.19. The van der Waals surface area contributed by atoms with Crippen molar-refractivity contribution in [3.8, 4) is 0 Å². The number of nitrogens with two attached hydrogens (primary N) is 1. The smallest absolute Gasteiger partial charge is 0.163 e. The topological polar surface area (TPSA) is 63.3 Å². The van der Waals surface area contributed by atoms with Crippen molar-refractivity contribution in [2.24, 2.45) is 5.73 Å². The molecule has 0 fully saturated rings. The maximum absolute atomic E-state index is 12.3. The van der Waals surface area contributed by atoms with Gasteiger partial charge in [0.25, 0.3) is 0 Å². The molecule has 3 N–H and O–H groups in total. The third-order valence-electron chi connectivity index (χ3n) is 4.61. The Morgan fingerprint density at radius 3 is 2.29 bits per heavy atom. The fraction of sp³-hybridized carbons (Fsp3) is 0.667. The predicted octanol–water partition coefficient (Wildman–Crippen LogP) is 4.61. The van der Waals surface area contributed by atoms with Gasteiger partial charge >= 0.3 is 0 Å². The van der Waals surface area contributed by atoms with E-state index in [0.29, 0.717) is 13.0 Å². The number of aliphatic hydroxyl groups excluding tert-OH is 1. The summed E-state index contributed by atoms with van der Waals surface area (Å²) in [5, 5.41) is 9.37. The van der Waals surface area contributed by atoms with Crippen LogP contribution in [0.1, 0.15) is 77.6 Å². The fourth-order valence-electron chi connectivity index (χ4n) is 3.02. The molecule has 0 saturated carbocycles. The molecule has 0 amide bonds. The molecule has 1 rings (SSSR count). The molecule has 1 aliphatic rings. The Kier molecular flexibility index (Phi) is 11.4. The summed E-state index contributed by atoms with van der Waals surface area (Å²) in [6.07, 6.45) is 19.6. The Balaban J connectivity index is 2.00. The van der Waals surface area contributed by atoms with E-state index < -0.39 is 0 Å². The minimum absolute atomic E-state index is 0.286. The van der Waals surface area contributed by atoms with Gasteiger partial charge in [0.15, 0.2) is 5.78 Å². The van der Waals surface area contributed by atoms with Crippen LogP contribution in [-0.4, -0.2) is 23.5 Å². The van der Waals surface area contributed by atoms with Crippen LogP contribution in [0, 0.1) is 0 Å². The number of allylic oxidation sites excluding steroid dienone is 6. The van der Waals surface area contributed by atoms with Gasteiger partial charge in [-0.1, -0.05) is 69.2 Å². The molecule has 0 aliphatic heterocycles. The van der Waals surface area contributed by atoms with Crippen LogP contribution in [0.5, 0.6) is 0 Å². The molecular formula is C21H35NO2. The number of hydrogen-bond acceptors (Lipinski definition) is 3. The summed E-state index contributed by atoms with van der Waals surface area (Å²) in [6.45, 7) is 2.40. The van der Waals surface area contributed by atoms with E-state index >= 15 is 0 Å². The van der Waals surface area contributed by atoms with Crippen molar-refractivity contribution in [3.63, 3.8) is 0 Å². The Morgan fingerprint density at radius 1 is 1.04 bits per heavy atom. The van der Waals surface area contributed by atoms with Gasteiger partial charge in [-0.15, -0.1) is 0 Å². The average Bonchev–Trinajstić information content (AvgIpc) is 2.80. The van der Waals surface area contributed by atoms with Crippen molar-refractivity contribution in [3.05, 3.63) is 35.5 Å². The molecule has 1 aliphatic carbocycles. The zero-order chi connectivity index (χ0) is 17.6. The first-order valence-electron chi connectivity index (χ1n) is 9.60. The Morgan fingerprint density at radius 2 is 1.62 bits per heavy atom. The van der Waals surface area contributed by atoms with E-state index in [2.05, 4.69) is 18.2 Å². The zero-order valence-electron chi connectivity index (χ0n) is 15.3. The van der Waals surface area contributed by atoms with E-state index in [1.54, 1.807) is 0 Å². The first kappa shape index (κ1) is 20.9. The van der Waals surface area contributed by atoms with Crippen molar-refractivity contribution < 1.29 is 9.90 Å². The van der Waals surface area contributed by atoms with Crippen LogP contribution >= 0.6 is 0 Å². The molecule has 0 bridgehead atoms. The second-order valence-electron chi connectivity index (χ2n) is 6.82. The van der Waals surface area contributed by atoms with Gasteiger partial charge in [0, 0.05) is 18.5 Å². The number of hydrogen-bond donors (Lipinski definition) is 2. The van der Waals surface area contributed by atoms with Gasteiger partial charge in [0.2, 0.25) is 0 Å². The molecule has 24 heavy (non-hydrogen) atoms. The van der Waals surface area contributed by atoms with Crippen molar-refractivity contribution in [1.82, 2.24) is 0 Å². The van der Waals surface area contributed by atoms with Gasteiger partial charge in [0.05, 0.1) is 6.10 Å². The molecular weight excluding hydrogens is 298 g/mol. The number of Topliss-reactive ketones (excluding diaryl/α,β-unsaturated/α-hetero) is 1. The van der Waals surface area contributed by atoms with Crippen LogP contribution in [0.4, 0.5) is 0 Å². The summed E-state index contributed by atoms with van der Waals surface area (Å²) in [4.78, 5) is 12.3. The third-order valence-corrected chi connectivity index (χ3v) is 4.61. The lowest BCUT2D eigenvalue weighted by atomic mass is 9.99. The normalized spacial score (nSPS) is 15.6. The molecule has 0 aromatic rings. The third kappa shape index (κ3) is 9.19. The minimum atomic E-state index is -0.319. The van der Waals surface area contributed by atoms with E-state index in [0.717, 1.165) is 43.3 Å². The van der Waals surface area contributed by atoms with E-state index in [9.17, 15) is 9.90 Å². The first-order chi connectivity index (χ1) is 11.6. The molecule has 0 saturated heterocycles. The second-order valence-corrected chi connectivity index (χ2v) is 6.82. The lowest BCUT2D eigenvalue weighted by Gasteiger charge is -2.07. The fourth-order valence-corrected chi connectivity index (χ4v) is 3.02. The molecule has 0 aromatic heterocycles. The first-order valence-corrected chi connectivity index (χ1v) is 9.60. The van der Waals surface area contributed by atoms with Crippen LogP contribution in [0.15, 0.2) is 35.5 Å². The van der Waals surface area contributed by atoms with Gasteiger partial charge < -0.3 is 10.8 Å². The summed E-state index contributed by atoms with van der Waals surface area (Å²) < 4.78 is 0. The molecule has 1 atom stereocenters. The van der Waals surface area contributed by atoms with E-state index in [1.807, 2.05) is 13.0 Å². The summed E-state index contributed by atoms with van der Waals surface area (Å²) in [6, 6.07) is 0. The van der Waals surface area contributed by atoms with Crippen LogP contribution in [0.2, 0.25) is 0 Å². The lowest BCUT2D eigenvalue weighted by molar-refractivity contribution is -0.115. The quantitative estimate of drug-likeness (QED) is 0.484. The van der Waals surface area contributed by atoms with Crippen molar-refractivity contribution in [1.29, 1.82) is 0 Å². The summed E-state index contributed by atoms with van der Waals surface area (Å²) in [5.74, 6) is 0.286. The monoisotopic (exact) mass is 333 g/mol. The maximum Gasteiger partial charge on any atom is 0.163 e. The summed E-state index contributed by atoms with van der Waals surface area (Å²) in [7, 11) is 0. The molecule has 3 heteroatoms. The summed E-state index contributed by atoms with van der Waals surface area (Å²) >= 11 is 0. The standard InChI is InChI=1S/C21H35NO2/c1-18-13-9-8-11-15-20(18)21(24)16-12-7-5-3-2-4-6-10-14-19(23)17-22/h9,11,13,15,19,23H,2-8,10,12,14,16-17,22H2,1H3. The molecule has 0 spiro atoms. The Bertz CT molecular complexity index is 449. The number of ketones is 1. The predicted molar refractivity (Wildman–Crippen MR) is 102 cm³/mol. The van der Waals surface area contributed by atoms with Gasteiger partial charge in [-0.2, -0.15) is 0 Å². The largest absolute Gasteiger partial charge is 0.392 e. The Hall–Kier alpha value is -1.19. The van der Waals surface area contributed by atoms with Crippen molar-refractivity contribution in [2.75, 3.05) is 6.54 Å². The van der Waals surface area contributed by atoms with Crippen LogP contribution < -0.4 is 5.73 Å². The van der Waals surface area contributed by atoms with Crippen molar-refractivity contribution >= 4 is 5.78 Å². The second kappa shape index (κ2) is 13.1. The van der Waals surface area contributed by atoms with Crippen LogP contribution in [-0.2, 0) is 4.79 Å². The number of carbonyl (C=O) groups excluding carboxylic acids is 1. The average molecular weight is 334 g/mol. The van der Waals surface area contributed by atoms with Crippen LogP contribution in [0.3, 0.4) is 0 Å². The highest BCUT2D eigenvalue weighted by Crippen LogP contribution is 2.17. The molecule has 3 nitrogen and oxygen atoms in total. The Labute approximate surface area is 147 Å². The van der Waals surface area contributed by atoms with Crippen molar-refractivity contribution in [2.45, 2.75) is 83.7 Å². The van der Waals surface area contributed by atoms with E-state index in [-0.39, 0.29) is 11.9 Å². The molecule has 0 radical (unpaired) electrons. The SMILES string of the molecule is CC1=C(C(=O)CCCCCCCCCCC(O)CN)C=CCC=C1. The summed E-state index contributed by atoms with van der Waals surface area (Å²) in [5.41, 5.74) is 7.36.